The normalized spacial score (nSPS) is 12.0. The standard InChI is InChI=1S/C29H31N3O4S/c1-5-23(26(33)31-22-14-10-9-13-21(22)18(2)3)32-17-30-27-24(28(32)34)19(4)25(37-27)29(35)36-16-15-20-11-7-6-8-12-20/h6-14,17-18,23H,5,15-16H2,1-4H3,(H,31,33). The summed E-state index contributed by atoms with van der Waals surface area (Å²) in [6.07, 6.45) is 2.41. The van der Waals surface area contributed by atoms with Crippen LogP contribution in [-0.4, -0.2) is 28.0 Å². The van der Waals surface area contributed by atoms with Gasteiger partial charge in [-0.15, -0.1) is 11.3 Å². The Morgan fingerprint density at radius 2 is 1.78 bits per heavy atom. The van der Waals surface area contributed by atoms with Crippen molar-refractivity contribution < 1.29 is 14.3 Å². The molecule has 1 N–H and O–H groups in total. The summed E-state index contributed by atoms with van der Waals surface area (Å²) in [4.78, 5) is 44.8. The first-order valence-electron chi connectivity index (χ1n) is 12.4. The molecule has 0 saturated carbocycles. The van der Waals surface area contributed by atoms with Crippen molar-refractivity contribution in [2.75, 3.05) is 11.9 Å². The van der Waals surface area contributed by atoms with Gasteiger partial charge in [0, 0.05) is 12.1 Å². The number of amides is 1. The molecule has 4 rings (SSSR count). The fraction of sp³-hybridized carbons (Fsp3) is 0.310. The van der Waals surface area contributed by atoms with E-state index in [9.17, 15) is 14.4 Å². The first kappa shape index (κ1) is 26.3. The minimum absolute atomic E-state index is 0.233. The lowest BCUT2D eigenvalue weighted by Crippen LogP contribution is -2.33. The number of nitrogens with one attached hydrogen (secondary N) is 1. The lowest BCUT2D eigenvalue weighted by molar-refractivity contribution is -0.119. The van der Waals surface area contributed by atoms with Crippen molar-refractivity contribution in [3.8, 4) is 0 Å². The Balaban J connectivity index is 1.57. The molecule has 2 heterocycles. The molecule has 1 amide bonds. The second-order valence-corrected chi connectivity index (χ2v) is 10.2. The third-order valence-corrected chi connectivity index (χ3v) is 7.57. The number of benzene rings is 2. The fourth-order valence-corrected chi connectivity index (χ4v) is 5.40. The van der Waals surface area contributed by atoms with Crippen molar-refractivity contribution in [2.24, 2.45) is 0 Å². The minimum atomic E-state index is -0.745. The summed E-state index contributed by atoms with van der Waals surface area (Å²) in [5.41, 5.74) is 3.01. The molecule has 1 unspecified atom stereocenters. The number of aromatic nitrogens is 2. The highest BCUT2D eigenvalue weighted by molar-refractivity contribution is 7.20. The zero-order valence-electron chi connectivity index (χ0n) is 21.5. The van der Waals surface area contributed by atoms with Crippen LogP contribution in [0.2, 0.25) is 0 Å². The number of fused-ring (bicyclic) bond motifs is 1. The number of carbonyl (C=O) groups excluding carboxylic acids is 2. The maximum absolute atomic E-state index is 13.5. The van der Waals surface area contributed by atoms with Crippen LogP contribution in [0.1, 0.15) is 65.5 Å². The van der Waals surface area contributed by atoms with E-state index in [0.717, 1.165) is 28.2 Å². The Morgan fingerprint density at radius 3 is 2.49 bits per heavy atom. The van der Waals surface area contributed by atoms with Crippen molar-refractivity contribution in [3.05, 3.63) is 92.8 Å². The van der Waals surface area contributed by atoms with Crippen LogP contribution >= 0.6 is 11.3 Å². The summed E-state index contributed by atoms with van der Waals surface area (Å²) in [6.45, 7) is 7.94. The molecule has 4 aromatic rings. The molecule has 7 nitrogen and oxygen atoms in total. The maximum Gasteiger partial charge on any atom is 0.348 e. The highest BCUT2D eigenvalue weighted by Crippen LogP contribution is 2.29. The molecule has 0 aliphatic heterocycles. The molecule has 8 heteroatoms. The zero-order chi connectivity index (χ0) is 26.5. The van der Waals surface area contributed by atoms with Gasteiger partial charge in [-0.3, -0.25) is 14.2 Å². The SMILES string of the molecule is CCC(C(=O)Nc1ccccc1C(C)C)n1cnc2sc(C(=O)OCCc3ccccc3)c(C)c2c1=O. The number of nitrogens with zero attached hydrogens (tertiary/aromatic N) is 2. The Labute approximate surface area is 220 Å². The summed E-state index contributed by atoms with van der Waals surface area (Å²) in [6, 6.07) is 16.7. The van der Waals surface area contributed by atoms with Crippen LogP contribution < -0.4 is 10.9 Å². The first-order valence-corrected chi connectivity index (χ1v) is 13.2. The third-order valence-electron chi connectivity index (χ3n) is 6.39. The Bertz CT molecular complexity index is 1470. The number of aryl methyl sites for hydroxylation is 1. The van der Waals surface area contributed by atoms with E-state index < -0.39 is 12.0 Å². The number of thiophene rings is 1. The number of rotatable bonds is 9. The molecule has 0 aliphatic rings. The molecule has 192 valence electrons. The highest BCUT2D eigenvalue weighted by Gasteiger charge is 2.25. The average Bonchev–Trinajstić information content (AvgIpc) is 3.23. The summed E-state index contributed by atoms with van der Waals surface area (Å²) in [5.74, 6) is -0.527. The van der Waals surface area contributed by atoms with E-state index in [1.165, 1.54) is 10.9 Å². The van der Waals surface area contributed by atoms with E-state index in [2.05, 4.69) is 24.1 Å². The smallest absolute Gasteiger partial charge is 0.348 e. The van der Waals surface area contributed by atoms with Crippen LogP contribution in [0.25, 0.3) is 10.2 Å². The van der Waals surface area contributed by atoms with E-state index in [-0.39, 0.29) is 24.0 Å². The lowest BCUT2D eigenvalue weighted by atomic mass is 10.0. The van der Waals surface area contributed by atoms with Crippen LogP contribution in [0.4, 0.5) is 5.69 Å². The van der Waals surface area contributed by atoms with Crippen LogP contribution in [0, 0.1) is 6.92 Å². The van der Waals surface area contributed by atoms with Crippen LogP contribution in [-0.2, 0) is 16.0 Å². The second-order valence-electron chi connectivity index (χ2n) is 9.22. The summed E-state index contributed by atoms with van der Waals surface area (Å²) >= 11 is 1.14. The number of para-hydroxylation sites is 1. The predicted octanol–water partition coefficient (Wildman–Crippen LogP) is 5.88. The molecular weight excluding hydrogens is 486 g/mol. The monoisotopic (exact) mass is 517 g/mol. The van der Waals surface area contributed by atoms with E-state index >= 15 is 0 Å². The molecule has 0 radical (unpaired) electrons. The van der Waals surface area contributed by atoms with Crippen molar-refractivity contribution in [1.29, 1.82) is 0 Å². The molecule has 2 aromatic heterocycles. The first-order chi connectivity index (χ1) is 17.8. The van der Waals surface area contributed by atoms with Gasteiger partial charge in [0.15, 0.2) is 0 Å². The van der Waals surface area contributed by atoms with Crippen LogP contribution in [0.3, 0.4) is 0 Å². The van der Waals surface area contributed by atoms with Gasteiger partial charge < -0.3 is 10.1 Å². The van der Waals surface area contributed by atoms with E-state index in [0.29, 0.717) is 33.5 Å². The van der Waals surface area contributed by atoms with Gasteiger partial charge in [0.1, 0.15) is 15.7 Å². The van der Waals surface area contributed by atoms with Crippen LogP contribution in [0.5, 0.6) is 0 Å². The van der Waals surface area contributed by atoms with E-state index in [4.69, 9.17) is 4.74 Å². The van der Waals surface area contributed by atoms with Gasteiger partial charge in [0.2, 0.25) is 5.91 Å². The molecule has 0 aliphatic carbocycles. The largest absolute Gasteiger partial charge is 0.461 e. The molecular formula is C29H31N3O4S. The van der Waals surface area contributed by atoms with Gasteiger partial charge >= 0.3 is 5.97 Å². The quantitative estimate of drug-likeness (QED) is 0.280. The maximum atomic E-state index is 13.5. The molecule has 1 atom stereocenters. The Morgan fingerprint density at radius 1 is 1.08 bits per heavy atom. The van der Waals surface area contributed by atoms with Gasteiger partial charge in [-0.1, -0.05) is 69.3 Å². The van der Waals surface area contributed by atoms with Crippen molar-refractivity contribution in [3.63, 3.8) is 0 Å². The van der Waals surface area contributed by atoms with E-state index in [1.807, 2.05) is 61.5 Å². The van der Waals surface area contributed by atoms with Gasteiger partial charge in [-0.25, -0.2) is 9.78 Å². The van der Waals surface area contributed by atoms with Crippen LogP contribution in [0.15, 0.2) is 65.7 Å². The fourth-order valence-electron chi connectivity index (χ4n) is 4.36. The minimum Gasteiger partial charge on any atom is -0.461 e. The van der Waals surface area contributed by atoms with Gasteiger partial charge in [0.25, 0.3) is 5.56 Å². The Kier molecular flexibility index (Phi) is 8.18. The second kappa shape index (κ2) is 11.5. The summed E-state index contributed by atoms with van der Waals surface area (Å²) < 4.78 is 6.85. The zero-order valence-corrected chi connectivity index (χ0v) is 22.3. The molecule has 2 aromatic carbocycles. The molecule has 0 fully saturated rings. The highest BCUT2D eigenvalue weighted by atomic mass is 32.1. The van der Waals surface area contributed by atoms with Crippen molar-refractivity contribution in [1.82, 2.24) is 9.55 Å². The molecule has 37 heavy (non-hydrogen) atoms. The topological polar surface area (TPSA) is 90.3 Å². The predicted molar refractivity (Wildman–Crippen MR) is 148 cm³/mol. The molecule has 0 spiro atoms. The van der Waals surface area contributed by atoms with Crippen molar-refractivity contribution in [2.45, 2.75) is 52.5 Å². The number of carbonyl (C=O) groups is 2. The number of anilines is 1. The molecule has 0 bridgehead atoms. The van der Waals surface area contributed by atoms with Gasteiger partial charge in [-0.05, 0) is 42.0 Å². The lowest BCUT2D eigenvalue weighted by Gasteiger charge is -2.20. The third kappa shape index (κ3) is 5.64. The van der Waals surface area contributed by atoms with Gasteiger partial charge in [-0.2, -0.15) is 0 Å². The summed E-state index contributed by atoms with van der Waals surface area (Å²) in [7, 11) is 0. The van der Waals surface area contributed by atoms with Crippen molar-refractivity contribution >= 4 is 39.1 Å². The number of ether oxygens (including phenoxy) is 1. The molecule has 0 saturated heterocycles. The van der Waals surface area contributed by atoms with Gasteiger partial charge in [0.05, 0.1) is 18.3 Å². The average molecular weight is 518 g/mol. The number of esters is 1. The Hall–Kier alpha value is -3.78. The number of hydrogen-bond acceptors (Lipinski definition) is 6. The number of hydrogen-bond donors (Lipinski definition) is 1. The van der Waals surface area contributed by atoms with E-state index in [1.54, 1.807) is 6.92 Å². The summed E-state index contributed by atoms with van der Waals surface area (Å²) in [5, 5.41) is 3.34.